The lowest BCUT2D eigenvalue weighted by atomic mass is 10.2. The Kier molecular flexibility index (Phi) is 4.73. The van der Waals surface area contributed by atoms with Gasteiger partial charge in [-0.25, -0.2) is 4.98 Å². The van der Waals surface area contributed by atoms with Crippen molar-refractivity contribution in [2.45, 2.75) is 13.1 Å². The average Bonchev–Trinajstić information content (AvgIpc) is 2.39. The highest BCUT2D eigenvalue weighted by Gasteiger charge is 2.02. The Morgan fingerprint density at radius 1 is 1.22 bits per heavy atom. The van der Waals surface area contributed by atoms with E-state index in [2.05, 4.69) is 38.4 Å². The van der Waals surface area contributed by atoms with Gasteiger partial charge in [-0.15, -0.1) is 0 Å². The van der Waals surface area contributed by atoms with Gasteiger partial charge in [-0.2, -0.15) is 0 Å². The molecule has 0 aliphatic rings. The van der Waals surface area contributed by atoms with E-state index in [0.717, 1.165) is 23.1 Å². The van der Waals surface area contributed by atoms with E-state index in [0.29, 0.717) is 5.88 Å². The standard InChI is InChI=1S/C14H15BrN2O/c1-18-14-12(5-3-7-17-14)10-16-9-11-4-2-6-13(15)8-11/h2-8,16H,9-10H2,1H3. The number of benzene rings is 1. The molecule has 2 rings (SSSR count). The van der Waals surface area contributed by atoms with Crippen molar-refractivity contribution in [2.24, 2.45) is 0 Å². The Labute approximate surface area is 115 Å². The monoisotopic (exact) mass is 306 g/mol. The van der Waals surface area contributed by atoms with Crippen molar-refractivity contribution in [3.05, 3.63) is 58.2 Å². The molecule has 3 nitrogen and oxygen atoms in total. The molecule has 0 radical (unpaired) electrons. The molecule has 0 aliphatic carbocycles. The molecule has 0 unspecified atom stereocenters. The van der Waals surface area contributed by atoms with Crippen molar-refractivity contribution in [2.75, 3.05) is 7.11 Å². The first-order chi connectivity index (χ1) is 8.79. The fourth-order valence-corrected chi connectivity index (χ4v) is 2.18. The van der Waals surface area contributed by atoms with Crippen LogP contribution in [0.15, 0.2) is 47.1 Å². The van der Waals surface area contributed by atoms with Gasteiger partial charge in [-0.3, -0.25) is 0 Å². The fraction of sp³-hybridized carbons (Fsp3) is 0.214. The van der Waals surface area contributed by atoms with Crippen molar-refractivity contribution in [3.63, 3.8) is 0 Å². The normalized spacial score (nSPS) is 10.3. The van der Waals surface area contributed by atoms with Gasteiger partial charge in [0.05, 0.1) is 7.11 Å². The zero-order valence-electron chi connectivity index (χ0n) is 10.2. The summed E-state index contributed by atoms with van der Waals surface area (Å²) in [5, 5.41) is 3.38. The van der Waals surface area contributed by atoms with Gasteiger partial charge in [0.15, 0.2) is 0 Å². The highest BCUT2D eigenvalue weighted by Crippen LogP contribution is 2.14. The van der Waals surface area contributed by atoms with Crippen molar-refractivity contribution < 1.29 is 4.74 Å². The zero-order chi connectivity index (χ0) is 12.8. The summed E-state index contributed by atoms with van der Waals surface area (Å²) in [5.74, 6) is 0.680. The Bertz CT molecular complexity index is 517. The summed E-state index contributed by atoms with van der Waals surface area (Å²) in [4.78, 5) is 4.17. The van der Waals surface area contributed by atoms with Gasteiger partial charge in [0.1, 0.15) is 0 Å². The van der Waals surface area contributed by atoms with E-state index in [1.807, 2.05) is 24.3 Å². The molecule has 1 N–H and O–H groups in total. The molecule has 1 aromatic heterocycles. The Morgan fingerprint density at radius 3 is 2.89 bits per heavy atom. The molecule has 0 saturated heterocycles. The lowest BCUT2D eigenvalue weighted by Gasteiger charge is -2.08. The molecule has 0 aliphatic heterocycles. The number of nitrogens with one attached hydrogen (secondary N) is 1. The van der Waals surface area contributed by atoms with Gasteiger partial charge in [0.25, 0.3) is 0 Å². The number of halogens is 1. The zero-order valence-corrected chi connectivity index (χ0v) is 11.8. The third kappa shape index (κ3) is 3.55. The maximum atomic E-state index is 5.21. The first kappa shape index (κ1) is 13.1. The molecule has 18 heavy (non-hydrogen) atoms. The number of rotatable bonds is 5. The van der Waals surface area contributed by atoms with Crippen molar-refractivity contribution in [1.82, 2.24) is 10.3 Å². The van der Waals surface area contributed by atoms with E-state index in [1.54, 1.807) is 13.3 Å². The van der Waals surface area contributed by atoms with E-state index < -0.39 is 0 Å². The Balaban J connectivity index is 1.92. The molecule has 0 fully saturated rings. The van der Waals surface area contributed by atoms with Crippen molar-refractivity contribution in [1.29, 1.82) is 0 Å². The molecule has 0 amide bonds. The largest absolute Gasteiger partial charge is 0.481 e. The summed E-state index contributed by atoms with van der Waals surface area (Å²) in [6, 6.07) is 12.2. The number of pyridine rings is 1. The third-order valence-electron chi connectivity index (χ3n) is 2.58. The van der Waals surface area contributed by atoms with Gasteiger partial charge in [0, 0.05) is 29.3 Å². The SMILES string of the molecule is COc1ncccc1CNCc1cccc(Br)c1. The van der Waals surface area contributed by atoms with E-state index in [9.17, 15) is 0 Å². The number of methoxy groups -OCH3 is 1. The molecule has 2 aromatic rings. The highest BCUT2D eigenvalue weighted by molar-refractivity contribution is 9.10. The number of hydrogen-bond donors (Lipinski definition) is 1. The second-order valence-corrected chi connectivity index (χ2v) is 4.82. The lowest BCUT2D eigenvalue weighted by molar-refractivity contribution is 0.390. The minimum atomic E-state index is 0.680. The summed E-state index contributed by atoms with van der Waals surface area (Å²) in [5.41, 5.74) is 2.31. The highest BCUT2D eigenvalue weighted by atomic mass is 79.9. The minimum Gasteiger partial charge on any atom is -0.481 e. The Hall–Kier alpha value is -1.39. The van der Waals surface area contributed by atoms with E-state index >= 15 is 0 Å². The van der Waals surface area contributed by atoms with E-state index in [1.165, 1.54) is 5.56 Å². The summed E-state index contributed by atoms with van der Waals surface area (Å²) in [7, 11) is 1.64. The number of hydrogen-bond acceptors (Lipinski definition) is 3. The van der Waals surface area contributed by atoms with E-state index in [4.69, 9.17) is 4.74 Å². The average molecular weight is 307 g/mol. The van der Waals surface area contributed by atoms with Crippen LogP contribution in [0, 0.1) is 0 Å². The van der Waals surface area contributed by atoms with Crippen molar-refractivity contribution in [3.8, 4) is 5.88 Å². The molecular formula is C14H15BrN2O. The van der Waals surface area contributed by atoms with Crippen LogP contribution in [0.4, 0.5) is 0 Å². The van der Waals surface area contributed by atoms with Gasteiger partial charge in [-0.05, 0) is 23.8 Å². The Morgan fingerprint density at radius 2 is 2.11 bits per heavy atom. The van der Waals surface area contributed by atoms with Crippen LogP contribution in [0.25, 0.3) is 0 Å². The van der Waals surface area contributed by atoms with Gasteiger partial charge >= 0.3 is 0 Å². The second kappa shape index (κ2) is 6.52. The second-order valence-electron chi connectivity index (χ2n) is 3.91. The predicted octanol–water partition coefficient (Wildman–Crippen LogP) is 3.14. The van der Waals surface area contributed by atoms with Crippen LogP contribution in [0.2, 0.25) is 0 Å². The molecular weight excluding hydrogens is 292 g/mol. The van der Waals surface area contributed by atoms with Crippen LogP contribution >= 0.6 is 15.9 Å². The minimum absolute atomic E-state index is 0.680. The smallest absolute Gasteiger partial charge is 0.217 e. The van der Waals surface area contributed by atoms with Gasteiger partial charge in [0.2, 0.25) is 5.88 Å². The predicted molar refractivity (Wildman–Crippen MR) is 75.5 cm³/mol. The number of nitrogens with zero attached hydrogens (tertiary/aromatic N) is 1. The molecule has 0 spiro atoms. The van der Waals surface area contributed by atoms with Crippen LogP contribution in [-0.2, 0) is 13.1 Å². The summed E-state index contributed by atoms with van der Waals surface area (Å²) >= 11 is 3.46. The topological polar surface area (TPSA) is 34.1 Å². The molecule has 0 saturated carbocycles. The first-order valence-electron chi connectivity index (χ1n) is 5.72. The summed E-state index contributed by atoms with van der Waals surface area (Å²) in [6.07, 6.45) is 1.73. The van der Waals surface area contributed by atoms with Crippen LogP contribution in [0.5, 0.6) is 5.88 Å². The molecule has 0 bridgehead atoms. The number of ether oxygens (including phenoxy) is 1. The van der Waals surface area contributed by atoms with Crippen molar-refractivity contribution >= 4 is 15.9 Å². The van der Waals surface area contributed by atoms with Crippen LogP contribution in [0.3, 0.4) is 0 Å². The third-order valence-corrected chi connectivity index (χ3v) is 3.07. The fourth-order valence-electron chi connectivity index (χ4n) is 1.73. The van der Waals surface area contributed by atoms with Crippen LogP contribution < -0.4 is 10.1 Å². The molecule has 4 heteroatoms. The van der Waals surface area contributed by atoms with Gasteiger partial charge < -0.3 is 10.1 Å². The summed E-state index contributed by atoms with van der Waals surface area (Å²) < 4.78 is 6.31. The van der Waals surface area contributed by atoms with Gasteiger partial charge in [-0.1, -0.05) is 34.1 Å². The quantitative estimate of drug-likeness (QED) is 0.921. The lowest BCUT2D eigenvalue weighted by Crippen LogP contribution is -2.13. The van der Waals surface area contributed by atoms with Crippen LogP contribution in [0.1, 0.15) is 11.1 Å². The maximum Gasteiger partial charge on any atom is 0.217 e. The van der Waals surface area contributed by atoms with Crippen LogP contribution in [-0.4, -0.2) is 12.1 Å². The van der Waals surface area contributed by atoms with E-state index in [-0.39, 0.29) is 0 Å². The molecule has 94 valence electrons. The molecule has 1 heterocycles. The number of aromatic nitrogens is 1. The molecule has 0 atom stereocenters. The first-order valence-corrected chi connectivity index (χ1v) is 6.52. The summed E-state index contributed by atoms with van der Waals surface area (Å²) in [6.45, 7) is 1.56. The maximum absolute atomic E-state index is 5.21. The molecule has 1 aromatic carbocycles.